The van der Waals surface area contributed by atoms with E-state index in [0.717, 1.165) is 25.3 Å². The average Bonchev–Trinajstić information content (AvgIpc) is 2.74. The molecule has 0 amide bonds. The fraction of sp³-hybridized carbons (Fsp3) is 1.00. The summed E-state index contributed by atoms with van der Waals surface area (Å²) >= 11 is 0. The van der Waals surface area contributed by atoms with Crippen LogP contribution in [-0.2, 0) is 0 Å². The van der Waals surface area contributed by atoms with Crippen LogP contribution in [0.3, 0.4) is 0 Å². The average molecular weight is 251 g/mol. The van der Waals surface area contributed by atoms with Gasteiger partial charge < -0.3 is 5.32 Å². The second kappa shape index (κ2) is 7.24. The van der Waals surface area contributed by atoms with Crippen molar-refractivity contribution in [2.24, 2.45) is 5.92 Å². The smallest absolute Gasteiger partial charge is 0.314 e. The van der Waals surface area contributed by atoms with Gasteiger partial charge in [-0.15, -0.1) is 0 Å². The predicted octanol–water partition coefficient (Wildman–Crippen LogP) is 4.28. The van der Waals surface area contributed by atoms with Crippen molar-refractivity contribution in [3.8, 4) is 0 Å². The van der Waals surface area contributed by atoms with Crippen molar-refractivity contribution in [2.75, 3.05) is 6.54 Å². The fourth-order valence-electron chi connectivity index (χ4n) is 2.71. The first-order valence-electron chi connectivity index (χ1n) is 6.81. The van der Waals surface area contributed by atoms with Gasteiger partial charge in [0.05, 0.1) is 0 Å². The lowest BCUT2D eigenvalue weighted by Gasteiger charge is -2.20. The molecule has 1 rings (SSSR count). The highest BCUT2D eigenvalue weighted by molar-refractivity contribution is 4.73. The Hall–Kier alpha value is -0.250. The Morgan fingerprint density at radius 3 is 2.35 bits per heavy atom. The lowest BCUT2D eigenvalue weighted by atomic mass is 9.96. The molecular weight excluding hydrogens is 227 g/mol. The molecule has 17 heavy (non-hydrogen) atoms. The van der Waals surface area contributed by atoms with Crippen LogP contribution in [0.5, 0.6) is 0 Å². The SMILES string of the molecule is CCNC(CCC1CCCC1)CCC(F)(F)F. The maximum atomic E-state index is 12.2. The summed E-state index contributed by atoms with van der Waals surface area (Å²) in [5, 5.41) is 3.18. The molecule has 0 heterocycles. The Balaban J connectivity index is 2.21. The van der Waals surface area contributed by atoms with Crippen molar-refractivity contribution in [3.05, 3.63) is 0 Å². The van der Waals surface area contributed by atoms with E-state index in [2.05, 4.69) is 5.32 Å². The van der Waals surface area contributed by atoms with E-state index in [1.165, 1.54) is 25.7 Å². The minimum Gasteiger partial charge on any atom is -0.314 e. The Labute approximate surface area is 102 Å². The largest absolute Gasteiger partial charge is 0.389 e. The number of halogens is 3. The zero-order chi connectivity index (χ0) is 12.7. The molecule has 0 spiro atoms. The fourth-order valence-corrected chi connectivity index (χ4v) is 2.71. The molecule has 1 fully saturated rings. The van der Waals surface area contributed by atoms with Crippen molar-refractivity contribution >= 4 is 0 Å². The van der Waals surface area contributed by atoms with E-state index in [1.807, 2.05) is 6.92 Å². The van der Waals surface area contributed by atoms with Gasteiger partial charge in [-0.1, -0.05) is 32.6 Å². The molecule has 0 aromatic heterocycles. The van der Waals surface area contributed by atoms with Gasteiger partial charge in [0.1, 0.15) is 0 Å². The van der Waals surface area contributed by atoms with E-state index in [4.69, 9.17) is 0 Å². The number of rotatable bonds is 7. The molecule has 0 aromatic rings. The van der Waals surface area contributed by atoms with Gasteiger partial charge in [0, 0.05) is 12.5 Å². The van der Waals surface area contributed by atoms with Gasteiger partial charge in [0.15, 0.2) is 0 Å². The summed E-state index contributed by atoms with van der Waals surface area (Å²) in [4.78, 5) is 0. The van der Waals surface area contributed by atoms with Crippen molar-refractivity contribution < 1.29 is 13.2 Å². The number of nitrogens with one attached hydrogen (secondary N) is 1. The van der Waals surface area contributed by atoms with Crippen molar-refractivity contribution in [3.63, 3.8) is 0 Å². The third kappa shape index (κ3) is 6.92. The number of hydrogen-bond donors (Lipinski definition) is 1. The summed E-state index contributed by atoms with van der Waals surface area (Å²) in [6.45, 7) is 2.71. The highest BCUT2D eigenvalue weighted by Gasteiger charge is 2.28. The molecule has 1 N–H and O–H groups in total. The minimum absolute atomic E-state index is 0.0437. The van der Waals surface area contributed by atoms with Crippen molar-refractivity contribution in [2.45, 2.75) is 70.5 Å². The van der Waals surface area contributed by atoms with Crippen LogP contribution in [0.25, 0.3) is 0 Å². The lowest BCUT2D eigenvalue weighted by Crippen LogP contribution is -2.30. The standard InChI is InChI=1S/C13H24F3N/c1-2-17-12(9-10-13(14,15)16)8-7-11-5-3-4-6-11/h11-12,17H,2-10H2,1H3. The monoisotopic (exact) mass is 251 g/mol. The topological polar surface area (TPSA) is 12.0 Å². The summed E-state index contributed by atoms with van der Waals surface area (Å²) in [6.07, 6.45) is 2.71. The van der Waals surface area contributed by atoms with E-state index in [0.29, 0.717) is 0 Å². The molecule has 1 nitrogen and oxygen atoms in total. The van der Waals surface area contributed by atoms with Gasteiger partial charge in [-0.25, -0.2) is 0 Å². The van der Waals surface area contributed by atoms with Crippen LogP contribution in [0.4, 0.5) is 13.2 Å². The summed E-state index contributed by atoms with van der Waals surface area (Å²) < 4.78 is 36.5. The summed E-state index contributed by atoms with van der Waals surface area (Å²) in [5.41, 5.74) is 0. The van der Waals surface area contributed by atoms with Crippen molar-refractivity contribution in [1.82, 2.24) is 5.32 Å². The molecule has 0 bridgehead atoms. The van der Waals surface area contributed by atoms with Crippen molar-refractivity contribution in [1.29, 1.82) is 0 Å². The first kappa shape index (κ1) is 14.8. The van der Waals surface area contributed by atoms with Crippen LogP contribution in [0.2, 0.25) is 0 Å². The molecule has 1 atom stereocenters. The first-order chi connectivity index (χ1) is 8.01. The highest BCUT2D eigenvalue weighted by atomic mass is 19.4. The second-order valence-electron chi connectivity index (χ2n) is 5.14. The highest BCUT2D eigenvalue weighted by Crippen LogP contribution is 2.30. The van der Waals surface area contributed by atoms with Crippen LogP contribution in [0, 0.1) is 5.92 Å². The molecular formula is C13H24F3N. The van der Waals surface area contributed by atoms with E-state index in [9.17, 15) is 13.2 Å². The van der Waals surface area contributed by atoms with E-state index >= 15 is 0 Å². The van der Waals surface area contributed by atoms with Gasteiger partial charge in [0.25, 0.3) is 0 Å². The summed E-state index contributed by atoms with van der Waals surface area (Å²) in [7, 11) is 0. The summed E-state index contributed by atoms with van der Waals surface area (Å²) in [5.74, 6) is 0.766. The molecule has 0 aromatic carbocycles. The second-order valence-corrected chi connectivity index (χ2v) is 5.14. The first-order valence-corrected chi connectivity index (χ1v) is 6.81. The molecule has 0 radical (unpaired) electrons. The molecule has 0 aliphatic heterocycles. The van der Waals surface area contributed by atoms with Gasteiger partial charge in [0.2, 0.25) is 0 Å². The van der Waals surface area contributed by atoms with E-state index in [1.54, 1.807) is 0 Å². The molecule has 102 valence electrons. The predicted molar refractivity (Wildman–Crippen MR) is 63.9 cm³/mol. The van der Waals surface area contributed by atoms with Gasteiger partial charge in [-0.2, -0.15) is 13.2 Å². The van der Waals surface area contributed by atoms with Crippen LogP contribution in [0.15, 0.2) is 0 Å². The lowest BCUT2D eigenvalue weighted by molar-refractivity contribution is -0.136. The Morgan fingerprint density at radius 1 is 1.18 bits per heavy atom. The van der Waals surface area contributed by atoms with Gasteiger partial charge >= 0.3 is 6.18 Å². The molecule has 4 heteroatoms. The van der Waals surface area contributed by atoms with E-state index < -0.39 is 12.6 Å². The number of alkyl halides is 3. The third-order valence-corrected chi connectivity index (χ3v) is 3.67. The molecule has 1 aliphatic rings. The maximum Gasteiger partial charge on any atom is 0.389 e. The van der Waals surface area contributed by atoms with Crippen LogP contribution < -0.4 is 5.32 Å². The van der Waals surface area contributed by atoms with Crippen LogP contribution in [0.1, 0.15) is 58.3 Å². The Morgan fingerprint density at radius 2 is 1.82 bits per heavy atom. The molecule has 1 unspecified atom stereocenters. The quantitative estimate of drug-likeness (QED) is 0.712. The molecule has 1 aliphatic carbocycles. The zero-order valence-corrected chi connectivity index (χ0v) is 10.7. The Kier molecular flexibility index (Phi) is 6.31. The maximum absolute atomic E-state index is 12.2. The normalized spacial score (nSPS) is 19.8. The summed E-state index contributed by atoms with van der Waals surface area (Å²) in [6, 6.07) is 0.0437. The molecule has 1 saturated carbocycles. The minimum atomic E-state index is -4.01. The Bertz CT molecular complexity index is 197. The van der Waals surface area contributed by atoms with Gasteiger partial charge in [-0.05, 0) is 31.7 Å². The number of hydrogen-bond acceptors (Lipinski definition) is 1. The van der Waals surface area contributed by atoms with Gasteiger partial charge in [-0.3, -0.25) is 0 Å². The van der Waals surface area contributed by atoms with Crippen LogP contribution in [-0.4, -0.2) is 18.8 Å². The zero-order valence-electron chi connectivity index (χ0n) is 10.7. The molecule has 0 saturated heterocycles. The van der Waals surface area contributed by atoms with E-state index in [-0.39, 0.29) is 12.5 Å². The van der Waals surface area contributed by atoms with Crippen LogP contribution >= 0.6 is 0 Å². The third-order valence-electron chi connectivity index (χ3n) is 3.67.